The van der Waals surface area contributed by atoms with Gasteiger partial charge in [-0.15, -0.1) is 4.91 Å². The SMILES string of the molecule is O=NO.O=[N+]([O-])[O-].[Li+]. The van der Waals surface area contributed by atoms with Crippen LogP contribution in [-0.4, -0.2) is 10.3 Å². The van der Waals surface area contributed by atoms with Gasteiger partial charge in [0.1, 0.15) is 0 Å². The fraction of sp³-hybridized carbons (Fsp3) is 0. The average molecular weight is 116 g/mol. The van der Waals surface area contributed by atoms with Crippen molar-refractivity contribution in [2.24, 2.45) is 5.34 Å². The van der Waals surface area contributed by atoms with E-state index in [9.17, 15) is 0 Å². The number of hydrogen-bond acceptors (Lipinski definition) is 5. The molecular weight excluding hydrogens is 115 g/mol. The van der Waals surface area contributed by atoms with Crippen LogP contribution in [0.25, 0.3) is 0 Å². The van der Waals surface area contributed by atoms with Crippen LogP contribution >= 0.6 is 0 Å². The predicted octanol–water partition coefficient (Wildman–Crippen LogP) is -3.09. The summed E-state index contributed by atoms with van der Waals surface area (Å²) in [5, 5.41) is 22.6. The smallest absolute Gasteiger partial charge is 0.379 e. The summed E-state index contributed by atoms with van der Waals surface area (Å²) in [7, 11) is 0. The summed E-state index contributed by atoms with van der Waals surface area (Å²) < 4.78 is 0. The summed E-state index contributed by atoms with van der Waals surface area (Å²) in [5.41, 5.74) is 0. The van der Waals surface area contributed by atoms with Crippen molar-refractivity contribution in [3.8, 4) is 0 Å². The molecule has 0 atom stereocenters. The zero-order valence-corrected chi connectivity index (χ0v) is 3.97. The molecule has 8 heavy (non-hydrogen) atoms. The van der Waals surface area contributed by atoms with Crippen molar-refractivity contribution in [3.63, 3.8) is 0 Å². The van der Waals surface area contributed by atoms with Crippen molar-refractivity contribution in [1.82, 2.24) is 0 Å². The molecule has 8 heteroatoms. The van der Waals surface area contributed by atoms with Gasteiger partial charge in [0.25, 0.3) is 0 Å². The Morgan fingerprint density at radius 2 is 1.50 bits per heavy atom. The molecule has 0 amide bonds. The molecule has 0 rings (SSSR count). The monoisotopic (exact) mass is 116 g/mol. The largest absolute Gasteiger partial charge is 1.00 e. The second-order valence-corrected chi connectivity index (χ2v) is 0.305. The number of rotatable bonds is 0. The second kappa shape index (κ2) is 16.4. The van der Waals surface area contributed by atoms with Crippen LogP contribution in [-0.2, 0) is 0 Å². The molecule has 0 heterocycles. The minimum Gasteiger partial charge on any atom is -0.379 e. The van der Waals surface area contributed by atoms with Crippen LogP contribution in [0.5, 0.6) is 0 Å². The van der Waals surface area contributed by atoms with E-state index in [1.165, 1.54) is 5.34 Å². The van der Waals surface area contributed by atoms with Crippen molar-refractivity contribution < 1.29 is 29.2 Å². The molecule has 0 aromatic rings. The molecule has 1 N–H and O–H groups in total. The molecule has 7 nitrogen and oxygen atoms in total. The Hall–Kier alpha value is -0.803. The summed E-state index contributed by atoms with van der Waals surface area (Å²) in [5.74, 6) is 0. The van der Waals surface area contributed by atoms with Crippen LogP contribution < -0.4 is 18.9 Å². The summed E-state index contributed by atoms with van der Waals surface area (Å²) in [6.07, 6.45) is 0. The van der Waals surface area contributed by atoms with Gasteiger partial charge in [-0.1, -0.05) is 0 Å². The van der Waals surface area contributed by atoms with Gasteiger partial charge < -0.3 is 20.5 Å². The molecule has 0 fully saturated rings. The summed E-state index contributed by atoms with van der Waals surface area (Å²) in [4.78, 5) is 16.4. The van der Waals surface area contributed by atoms with E-state index in [0.29, 0.717) is 0 Å². The van der Waals surface area contributed by atoms with Gasteiger partial charge in [0.05, 0.1) is 5.09 Å². The first kappa shape index (κ1) is 15.7. The van der Waals surface area contributed by atoms with Gasteiger partial charge in [0.2, 0.25) is 0 Å². The first-order valence-electron chi connectivity index (χ1n) is 0.930. The van der Waals surface area contributed by atoms with Crippen LogP contribution in [0.2, 0.25) is 0 Å². The van der Waals surface area contributed by atoms with Gasteiger partial charge in [-0.3, -0.25) is 0 Å². The summed E-state index contributed by atoms with van der Waals surface area (Å²) in [6, 6.07) is 0. The molecule has 0 saturated carbocycles. The average Bonchev–Trinajstić information content (AvgIpc) is 1.33. The minimum absolute atomic E-state index is 0. The Balaban J connectivity index is -0.0000000575. The predicted molar refractivity (Wildman–Crippen MR) is 17.9 cm³/mol. The second-order valence-electron chi connectivity index (χ2n) is 0.305. The fourth-order valence-corrected chi connectivity index (χ4v) is 0. The third-order valence-electron chi connectivity index (χ3n) is 0. The van der Waals surface area contributed by atoms with E-state index in [0.717, 1.165) is 0 Å². The van der Waals surface area contributed by atoms with Gasteiger partial charge >= 0.3 is 18.9 Å². The minimum atomic E-state index is -1.75. The molecule has 0 aliphatic heterocycles. The zero-order chi connectivity index (χ0) is 6.28. The van der Waals surface area contributed by atoms with E-state index in [1.807, 2.05) is 0 Å². The molecule has 0 radical (unpaired) electrons. The molecule has 42 valence electrons. The maximum atomic E-state index is 8.25. The van der Waals surface area contributed by atoms with Crippen LogP contribution in [0, 0.1) is 20.2 Å². The fourth-order valence-electron chi connectivity index (χ4n) is 0. The molecule has 0 saturated heterocycles. The zero-order valence-electron chi connectivity index (χ0n) is 3.97. The van der Waals surface area contributed by atoms with Gasteiger partial charge in [-0.2, -0.15) is 0 Å². The van der Waals surface area contributed by atoms with E-state index >= 15 is 0 Å². The Morgan fingerprint density at radius 1 is 1.50 bits per heavy atom. The van der Waals surface area contributed by atoms with Crippen LogP contribution in [0.15, 0.2) is 5.34 Å². The molecular formula is HLiN2O5. The quantitative estimate of drug-likeness (QED) is 0.156. The Bertz CT molecular complexity index is 57.4. The van der Waals surface area contributed by atoms with Crippen molar-refractivity contribution >= 4 is 0 Å². The van der Waals surface area contributed by atoms with E-state index < -0.39 is 5.09 Å². The first-order chi connectivity index (χ1) is 3.15. The molecule has 0 unspecified atom stereocenters. The maximum absolute atomic E-state index is 8.25. The van der Waals surface area contributed by atoms with Crippen molar-refractivity contribution in [2.75, 3.05) is 0 Å². The molecule has 0 aliphatic rings. The Morgan fingerprint density at radius 3 is 1.50 bits per heavy atom. The summed E-state index contributed by atoms with van der Waals surface area (Å²) >= 11 is 0. The van der Waals surface area contributed by atoms with Gasteiger partial charge in [-0.05, 0) is 0 Å². The van der Waals surface area contributed by atoms with Gasteiger partial charge in [0, 0.05) is 0 Å². The summed E-state index contributed by atoms with van der Waals surface area (Å²) in [6.45, 7) is 0. The van der Waals surface area contributed by atoms with E-state index in [2.05, 4.69) is 0 Å². The third kappa shape index (κ3) is 142. The maximum Gasteiger partial charge on any atom is 1.00 e. The Kier molecular flexibility index (Phi) is 32.1. The van der Waals surface area contributed by atoms with Crippen LogP contribution in [0.1, 0.15) is 0 Å². The topological polar surface area (TPSA) is 116 Å². The van der Waals surface area contributed by atoms with Crippen LogP contribution in [0.3, 0.4) is 0 Å². The molecule has 0 aromatic heterocycles. The van der Waals surface area contributed by atoms with Crippen LogP contribution in [0.4, 0.5) is 0 Å². The third-order valence-corrected chi connectivity index (χ3v) is 0. The van der Waals surface area contributed by atoms with Gasteiger partial charge in [-0.25, -0.2) is 0 Å². The molecule has 0 aromatic carbocycles. The number of hydrogen-bond donors (Lipinski definition) is 1. The first-order valence-corrected chi connectivity index (χ1v) is 0.930. The standard InChI is InChI=1S/Li.NO3.HNO2/c;2-1(3)4;2-1-3/h;;(H,2,3)/q+1;-1;. The van der Waals surface area contributed by atoms with Crippen molar-refractivity contribution in [3.05, 3.63) is 20.2 Å². The van der Waals surface area contributed by atoms with E-state index in [4.69, 9.17) is 25.4 Å². The molecule has 0 bridgehead atoms. The van der Waals surface area contributed by atoms with Crippen molar-refractivity contribution in [1.29, 1.82) is 0 Å². The van der Waals surface area contributed by atoms with E-state index in [-0.39, 0.29) is 18.9 Å². The Labute approximate surface area is 55.5 Å². The normalized spacial score (nSPS) is 4.50. The van der Waals surface area contributed by atoms with E-state index in [1.54, 1.807) is 0 Å². The van der Waals surface area contributed by atoms with Gasteiger partial charge in [0.15, 0.2) is 5.34 Å². The van der Waals surface area contributed by atoms with Crippen molar-refractivity contribution in [2.45, 2.75) is 0 Å². The molecule has 0 spiro atoms. The number of nitrogens with zero attached hydrogens (tertiary/aromatic N) is 2. The molecule has 0 aliphatic carbocycles.